The number of rotatable bonds is 3. The molecule has 5 aromatic carbocycles. The van der Waals surface area contributed by atoms with E-state index in [-0.39, 0.29) is 5.41 Å². The second kappa shape index (κ2) is 9.60. The summed E-state index contributed by atoms with van der Waals surface area (Å²) >= 11 is 0. The van der Waals surface area contributed by atoms with Crippen molar-refractivity contribution in [3.63, 3.8) is 0 Å². The number of para-hydroxylation sites is 2. The molecule has 2 aliphatic rings. The Morgan fingerprint density at radius 1 is 0.638 bits per heavy atom. The van der Waals surface area contributed by atoms with E-state index in [0.717, 1.165) is 35.0 Å². The summed E-state index contributed by atoms with van der Waals surface area (Å²) in [7, 11) is 0. The molecule has 3 aromatic heterocycles. The van der Waals surface area contributed by atoms with Gasteiger partial charge in [-0.15, -0.1) is 0 Å². The number of allylic oxidation sites excluding steroid dienone is 1. The monoisotopic (exact) mass is 605 g/mol. The second-order valence-corrected chi connectivity index (χ2v) is 13.2. The van der Waals surface area contributed by atoms with Crippen LogP contribution in [0.25, 0.3) is 73.2 Å². The lowest BCUT2D eigenvalue weighted by molar-refractivity contribution is 0.631. The zero-order valence-corrected chi connectivity index (χ0v) is 26.3. The van der Waals surface area contributed by atoms with Gasteiger partial charge in [-0.3, -0.25) is 4.57 Å². The van der Waals surface area contributed by atoms with Gasteiger partial charge in [0.2, 0.25) is 5.95 Å². The van der Waals surface area contributed by atoms with Crippen LogP contribution in [0.15, 0.2) is 121 Å². The molecule has 0 bridgehead atoms. The van der Waals surface area contributed by atoms with Gasteiger partial charge in [0.15, 0.2) is 11.6 Å². The minimum atomic E-state index is -0.243. The Bertz CT molecular complexity index is 2530. The first-order valence-electron chi connectivity index (χ1n) is 16.4. The van der Waals surface area contributed by atoms with Crippen LogP contribution >= 0.6 is 0 Å². The Labute approximate surface area is 272 Å². The van der Waals surface area contributed by atoms with Crippen molar-refractivity contribution in [2.75, 3.05) is 0 Å². The van der Waals surface area contributed by atoms with Gasteiger partial charge in [-0.25, -0.2) is 4.98 Å². The smallest absolute Gasteiger partial charge is 0.238 e. The van der Waals surface area contributed by atoms with E-state index in [2.05, 4.69) is 114 Å². The molecule has 0 N–H and O–H groups in total. The van der Waals surface area contributed by atoms with Crippen molar-refractivity contribution < 1.29 is 0 Å². The van der Waals surface area contributed by atoms with Crippen LogP contribution in [-0.4, -0.2) is 24.1 Å². The van der Waals surface area contributed by atoms with Gasteiger partial charge >= 0.3 is 0 Å². The zero-order valence-electron chi connectivity index (χ0n) is 26.3. The molecule has 4 heterocycles. The Morgan fingerprint density at radius 3 is 2.04 bits per heavy atom. The van der Waals surface area contributed by atoms with Gasteiger partial charge in [-0.1, -0.05) is 123 Å². The maximum absolute atomic E-state index is 5.21. The molecule has 0 spiro atoms. The third kappa shape index (κ3) is 3.62. The van der Waals surface area contributed by atoms with E-state index in [1.807, 2.05) is 36.4 Å². The molecule has 5 nitrogen and oxygen atoms in total. The summed E-state index contributed by atoms with van der Waals surface area (Å²) < 4.78 is 4.84. The molecule has 0 saturated carbocycles. The van der Waals surface area contributed by atoms with E-state index < -0.39 is 0 Å². The van der Waals surface area contributed by atoms with E-state index in [0.29, 0.717) is 17.6 Å². The Morgan fingerprint density at radius 2 is 1.30 bits per heavy atom. The fourth-order valence-electron chi connectivity index (χ4n) is 8.14. The number of nitrogens with zero attached hydrogens (tertiary/aromatic N) is 5. The van der Waals surface area contributed by atoms with Crippen molar-refractivity contribution in [3.05, 3.63) is 144 Å². The average Bonchev–Trinajstić information content (AvgIpc) is 3.63. The number of benzene rings is 5. The highest BCUT2D eigenvalue weighted by molar-refractivity contribution is 6.18. The van der Waals surface area contributed by atoms with Crippen LogP contribution in [0, 0.1) is 0 Å². The molecule has 0 amide bonds. The SMILES string of the molecule is CC1(C)c2ccccc2-n2c3c(c4cc5c(c1c42)c1ccccc1n5-c1nc(-c2ccccc2)nc(-c2ccccc2)n1)C=CCC3. The van der Waals surface area contributed by atoms with E-state index in [4.69, 9.17) is 15.0 Å². The summed E-state index contributed by atoms with van der Waals surface area (Å²) in [5.41, 5.74) is 11.9. The van der Waals surface area contributed by atoms with Crippen LogP contribution in [0.3, 0.4) is 0 Å². The topological polar surface area (TPSA) is 48.5 Å². The maximum atomic E-state index is 5.21. The summed E-state index contributed by atoms with van der Waals surface area (Å²) in [6.07, 6.45) is 6.73. The number of hydrogen-bond acceptors (Lipinski definition) is 3. The predicted octanol–water partition coefficient (Wildman–Crippen LogP) is 9.85. The van der Waals surface area contributed by atoms with Gasteiger partial charge in [0.05, 0.1) is 16.6 Å². The molecular weight excluding hydrogens is 574 g/mol. The Kier molecular flexibility index (Phi) is 5.39. The van der Waals surface area contributed by atoms with Gasteiger partial charge < -0.3 is 4.57 Å². The van der Waals surface area contributed by atoms with Crippen LogP contribution in [0.1, 0.15) is 42.7 Å². The first-order valence-corrected chi connectivity index (χ1v) is 16.4. The van der Waals surface area contributed by atoms with Crippen molar-refractivity contribution in [1.82, 2.24) is 24.1 Å². The van der Waals surface area contributed by atoms with Gasteiger partial charge in [0.1, 0.15) is 0 Å². The Balaban J connectivity index is 1.39. The zero-order chi connectivity index (χ0) is 31.3. The molecule has 0 radical (unpaired) electrons. The second-order valence-electron chi connectivity index (χ2n) is 13.2. The van der Waals surface area contributed by atoms with Crippen LogP contribution in [0.2, 0.25) is 0 Å². The molecule has 47 heavy (non-hydrogen) atoms. The van der Waals surface area contributed by atoms with Crippen molar-refractivity contribution in [1.29, 1.82) is 0 Å². The molecule has 0 fully saturated rings. The van der Waals surface area contributed by atoms with E-state index >= 15 is 0 Å². The fourth-order valence-corrected chi connectivity index (χ4v) is 8.14. The summed E-state index contributed by atoms with van der Waals surface area (Å²) in [5.74, 6) is 1.93. The van der Waals surface area contributed by atoms with Gasteiger partial charge in [0.25, 0.3) is 0 Å². The molecule has 8 aromatic rings. The third-order valence-corrected chi connectivity index (χ3v) is 10.2. The van der Waals surface area contributed by atoms with Crippen molar-refractivity contribution in [3.8, 4) is 34.4 Å². The highest BCUT2D eigenvalue weighted by Gasteiger charge is 2.39. The lowest BCUT2D eigenvalue weighted by Gasteiger charge is -2.36. The molecular formula is C42H31N5. The van der Waals surface area contributed by atoms with Crippen LogP contribution in [0.4, 0.5) is 0 Å². The van der Waals surface area contributed by atoms with E-state index in [1.165, 1.54) is 49.7 Å². The molecule has 1 aliphatic heterocycles. The third-order valence-electron chi connectivity index (χ3n) is 10.2. The highest BCUT2D eigenvalue weighted by Crippen LogP contribution is 2.52. The fraction of sp³-hybridized carbons (Fsp3) is 0.119. The first-order chi connectivity index (χ1) is 23.1. The molecule has 0 atom stereocenters. The molecule has 0 saturated heterocycles. The molecule has 1 aliphatic carbocycles. The summed E-state index contributed by atoms with van der Waals surface area (Å²) in [6, 6.07) is 40.5. The van der Waals surface area contributed by atoms with Crippen molar-refractivity contribution >= 4 is 38.8 Å². The molecule has 224 valence electrons. The number of hydrogen-bond donors (Lipinski definition) is 0. The number of aromatic nitrogens is 5. The molecule has 5 heteroatoms. The van der Waals surface area contributed by atoms with Crippen LogP contribution in [0.5, 0.6) is 0 Å². The van der Waals surface area contributed by atoms with E-state index in [9.17, 15) is 0 Å². The van der Waals surface area contributed by atoms with Gasteiger partial charge in [-0.05, 0) is 42.2 Å². The van der Waals surface area contributed by atoms with Crippen molar-refractivity contribution in [2.45, 2.75) is 32.1 Å². The first kappa shape index (κ1) is 26.4. The predicted molar refractivity (Wildman–Crippen MR) is 191 cm³/mol. The maximum Gasteiger partial charge on any atom is 0.238 e. The largest absolute Gasteiger partial charge is 0.312 e. The van der Waals surface area contributed by atoms with Crippen molar-refractivity contribution in [2.24, 2.45) is 0 Å². The molecule has 10 rings (SSSR count). The minimum absolute atomic E-state index is 0.243. The van der Waals surface area contributed by atoms with E-state index in [1.54, 1.807) is 0 Å². The minimum Gasteiger partial charge on any atom is -0.312 e. The summed E-state index contributed by atoms with van der Waals surface area (Å²) in [6.45, 7) is 4.78. The average molecular weight is 606 g/mol. The normalized spacial score (nSPS) is 14.5. The number of fused-ring (bicyclic) bond motifs is 9. The summed E-state index contributed by atoms with van der Waals surface area (Å²) in [4.78, 5) is 15.4. The Hall–Kier alpha value is -5.81. The quantitative estimate of drug-likeness (QED) is 0.201. The van der Waals surface area contributed by atoms with Crippen LogP contribution < -0.4 is 0 Å². The standard InChI is InChI=1S/C42H31N5/c1-42(2)31-21-11-14-24-34(31)46-32-22-12-9-19-28(32)30-25-35-36(37(42)38(30)46)29-20-10-13-23-33(29)47(35)41-44-39(26-15-5-3-6-16-26)43-40(45-41)27-17-7-4-8-18-27/h3-11,13-21,23-25H,12,22H2,1-2H3. The van der Waals surface area contributed by atoms with Gasteiger partial charge in [0, 0.05) is 49.6 Å². The lowest BCUT2D eigenvalue weighted by Crippen LogP contribution is -2.27. The highest BCUT2D eigenvalue weighted by atomic mass is 15.2. The van der Waals surface area contributed by atoms with Gasteiger partial charge in [-0.2, -0.15) is 9.97 Å². The summed E-state index contributed by atoms with van der Waals surface area (Å²) in [5, 5.41) is 3.75. The lowest BCUT2D eigenvalue weighted by atomic mass is 9.73. The van der Waals surface area contributed by atoms with Crippen LogP contribution in [-0.2, 0) is 11.8 Å². The molecule has 0 unspecified atom stereocenters.